The molecule has 1 saturated heterocycles. The molecule has 0 radical (unpaired) electrons. The number of aromatic nitrogens is 3. The molecule has 1 aliphatic heterocycles. The van der Waals surface area contributed by atoms with Crippen molar-refractivity contribution in [3.63, 3.8) is 0 Å². The molecular formula is C16H23N5O2. The maximum absolute atomic E-state index is 5.38. The van der Waals surface area contributed by atoms with E-state index in [-0.39, 0.29) is 0 Å². The SMILES string of the molecule is COc1cc(-c2nc(N3CCN(C(C)C)CC3)no2)ncc1C. The zero-order chi connectivity index (χ0) is 16.4. The lowest BCUT2D eigenvalue weighted by molar-refractivity contribution is 0.208. The van der Waals surface area contributed by atoms with Gasteiger partial charge in [0.2, 0.25) is 0 Å². The number of methoxy groups -OCH3 is 1. The Hall–Kier alpha value is -2.15. The van der Waals surface area contributed by atoms with E-state index in [4.69, 9.17) is 9.26 Å². The molecule has 7 nitrogen and oxygen atoms in total. The highest BCUT2D eigenvalue weighted by Crippen LogP contribution is 2.25. The Balaban J connectivity index is 1.74. The van der Waals surface area contributed by atoms with E-state index in [1.54, 1.807) is 13.3 Å². The molecule has 0 N–H and O–H groups in total. The van der Waals surface area contributed by atoms with E-state index < -0.39 is 0 Å². The largest absolute Gasteiger partial charge is 0.496 e. The van der Waals surface area contributed by atoms with E-state index in [0.717, 1.165) is 37.5 Å². The summed E-state index contributed by atoms with van der Waals surface area (Å²) in [7, 11) is 1.64. The molecule has 1 aliphatic rings. The highest BCUT2D eigenvalue weighted by molar-refractivity contribution is 5.53. The first-order valence-electron chi connectivity index (χ1n) is 7.92. The van der Waals surface area contributed by atoms with Gasteiger partial charge in [0, 0.05) is 50.0 Å². The Kier molecular flexibility index (Phi) is 4.47. The van der Waals surface area contributed by atoms with Gasteiger partial charge in [-0.05, 0) is 25.9 Å². The van der Waals surface area contributed by atoms with Crippen LogP contribution in [0.25, 0.3) is 11.6 Å². The van der Waals surface area contributed by atoms with Crippen molar-refractivity contribution in [1.82, 2.24) is 20.0 Å². The molecule has 0 bridgehead atoms. The number of rotatable bonds is 4. The van der Waals surface area contributed by atoms with Crippen LogP contribution in [-0.2, 0) is 0 Å². The second-order valence-corrected chi connectivity index (χ2v) is 6.06. The van der Waals surface area contributed by atoms with Gasteiger partial charge in [-0.25, -0.2) is 0 Å². The first-order chi connectivity index (χ1) is 11.1. The van der Waals surface area contributed by atoms with Gasteiger partial charge < -0.3 is 14.2 Å². The Morgan fingerprint density at radius 3 is 2.61 bits per heavy atom. The third kappa shape index (κ3) is 3.29. The lowest BCUT2D eigenvalue weighted by Crippen LogP contribution is -2.49. The van der Waals surface area contributed by atoms with Gasteiger partial charge in [0.1, 0.15) is 11.4 Å². The molecule has 0 aliphatic carbocycles. The van der Waals surface area contributed by atoms with E-state index >= 15 is 0 Å². The number of hydrogen-bond donors (Lipinski definition) is 0. The van der Waals surface area contributed by atoms with Crippen LogP contribution < -0.4 is 9.64 Å². The van der Waals surface area contributed by atoms with Gasteiger partial charge in [0.05, 0.1) is 7.11 Å². The fourth-order valence-electron chi connectivity index (χ4n) is 2.73. The quantitative estimate of drug-likeness (QED) is 0.854. The molecule has 0 aromatic carbocycles. The van der Waals surface area contributed by atoms with Crippen molar-refractivity contribution in [2.45, 2.75) is 26.8 Å². The molecule has 23 heavy (non-hydrogen) atoms. The van der Waals surface area contributed by atoms with Crippen molar-refractivity contribution in [3.05, 3.63) is 17.8 Å². The lowest BCUT2D eigenvalue weighted by atomic mass is 10.2. The zero-order valence-electron chi connectivity index (χ0n) is 14.1. The molecule has 0 saturated carbocycles. The third-order valence-electron chi connectivity index (χ3n) is 4.24. The summed E-state index contributed by atoms with van der Waals surface area (Å²) in [6, 6.07) is 2.39. The van der Waals surface area contributed by atoms with Crippen LogP contribution in [0.1, 0.15) is 19.4 Å². The summed E-state index contributed by atoms with van der Waals surface area (Å²) in [5.41, 5.74) is 1.60. The minimum atomic E-state index is 0.421. The molecule has 3 heterocycles. The fraction of sp³-hybridized carbons (Fsp3) is 0.562. The summed E-state index contributed by atoms with van der Waals surface area (Å²) >= 11 is 0. The van der Waals surface area contributed by atoms with Crippen LogP contribution in [0.3, 0.4) is 0 Å². The van der Waals surface area contributed by atoms with Crippen LogP contribution >= 0.6 is 0 Å². The number of nitrogens with zero attached hydrogens (tertiary/aromatic N) is 5. The van der Waals surface area contributed by atoms with Crippen LogP contribution in [0, 0.1) is 6.92 Å². The van der Waals surface area contributed by atoms with Crippen molar-refractivity contribution in [2.24, 2.45) is 0 Å². The van der Waals surface area contributed by atoms with Gasteiger partial charge >= 0.3 is 0 Å². The van der Waals surface area contributed by atoms with E-state index in [1.807, 2.05) is 13.0 Å². The Morgan fingerprint density at radius 1 is 1.22 bits per heavy atom. The molecule has 1 fully saturated rings. The minimum absolute atomic E-state index is 0.421. The molecule has 0 atom stereocenters. The number of pyridine rings is 1. The fourth-order valence-corrected chi connectivity index (χ4v) is 2.73. The average Bonchev–Trinajstić information content (AvgIpc) is 3.05. The van der Waals surface area contributed by atoms with Gasteiger partial charge in [0.25, 0.3) is 11.8 Å². The van der Waals surface area contributed by atoms with Crippen LogP contribution in [-0.4, -0.2) is 59.4 Å². The monoisotopic (exact) mass is 317 g/mol. The maximum Gasteiger partial charge on any atom is 0.278 e. The maximum atomic E-state index is 5.38. The van der Waals surface area contributed by atoms with Crippen LogP contribution in [0.2, 0.25) is 0 Å². The van der Waals surface area contributed by atoms with Crippen molar-refractivity contribution in [3.8, 4) is 17.3 Å². The molecule has 0 amide bonds. The van der Waals surface area contributed by atoms with Crippen molar-refractivity contribution in [1.29, 1.82) is 0 Å². The summed E-state index contributed by atoms with van der Waals surface area (Å²) < 4.78 is 10.7. The number of ether oxygens (including phenoxy) is 1. The molecule has 124 valence electrons. The highest BCUT2D eigenvalue weighted by atomic mass is 16.5. The molecule has 0 spiro atoms. The van der Waals surface area contributed by atoms with Gasteiger partial charge in [-0.15, -0.1) is 0 Å². The molecular weight excluding hydrogens is 294 g/mol. The van der Waals surface area contributed by atoms with Gasteiger partial charge in [-0.2, -0.15) is 4.98 Å². The Labute approximate surface area is 136 Å². The first kappa shape index (κ1) is 15.7. The molecule has 3 rings (SSSR count). The summed E-state index contributed by atoms with van der Waals surface area (Å²) in [5, 5.41) is 4.10. The topological polar surface area (TPSA) is 67.5 Å². The van der Waals surface area contributed by atoms with Gasteiger partial charge in [-0.3, -0.25) is 9.88 Å². The van der Waals surface area contributed by atoms with Crippen molar-refractivity contribution < 1.29 is 9.26 Å². The number of anilines is 1. The number of piperazine rings is 1. The summed E-state index contributed by atoms with van der Waals surface area (Å²) in [6.07, 6.45) is 1.75. The summed E-state index contributed by atoms with van der Waals surface area (Å²) in [6.45, 7) is 10.2. The van der Waals surface area contributed by atoms with E-state index in [2.05, 4.69) is 38.8 Å². The summed E-state index contributed by atoms with van der Waals surface area (Å²) in [4.78, 5) is 13.4. The van der Waals surface area contributed by atoms with Gasteiger partial charge in [-0.1, -0.05) is 0 Å². The third-order valence-corrected chi connectivity index (χ3v) is 4.24. The van der Waals surface area contributed by atoms with Gasteiger partial charge in [0.15, 0.2) is 0 Å². The predicted molar refractivity (Wildman–Crippen MR) is 87.7 cm³/mol. The molecule has 7 heteroatoms. The van der Waals surface area contributed by atoms with E-state index in [1.165, 1.54) is 0 Å². The minimum Gasteiger partial charge on any atom is -0.496 e. The number of hydrogen-bond acceptors (Lipinski definition) is 7. The second-order valence-electron chi connectivity index (χ2n) is 6.06. The standard InChI is InChI=1S/C16H23N5O2/c1-11(2)20-5-7-21(8-6-20)16-18-15(23-19-16)13-9-14(22-4)12(3)10-17-13/h9-11H,5-8H2,1-4H3. The van der Waals surface area contributed by atoms with Crippen LogP contribution in [0.4, 0.5) is 5.95 Å². The smallest absolute Gasteiger partial charge is 0.278 e. The lowest BCUT2D eigenvalue weighted by Gasteiger charge is -2.36. The van der Waals surface area contributed by atoms with Crippen LogP contribution in [0.5, 0.6) is 5.75 Å². The summed E-state index contributed by atoms with van der Waals surface area (Å²) in [5.74, 6) is 1.81. The first-order valence-corrected chi connectivity index (χ1v) is 7.92. The van der Waals surface area contributed by atoms with Crippen molar-refractivity contribution in [2.75, 3.05) is 38.2 Å². The van der Waals surface area contributed by atoms with E-state index in [9.17, 15) is 0 Å². The Bertz CT molecular complexity index is 662. The average molecular weight is 317 g/mol. The zero-order valence-corrected chi connectivity index (χ0v) is 14.1. The van der Waals surface area contributed by atoms with E-state index in [0.29, 0.717) is 23.6 Å². The van der Waals surface area contributed by atoms with Crippen molar-refractivity contribution >= 4 is 5.95 Å². The molecule has 0 unspecified atom stereocenters. The number of aryl methyl sites for hydroxylation is 1. The normalized spacial score (nSPS) is 16.1. The second kappa shape index (κ2) is 6.54. The molecule has 2 aromatic rings. The Morgan fingerprint density at radius 2 is 1.96 bits per heavy atom. The highest BCUT2D eigenvalue weighted by Gasteiger charge is 2.23. The van der Waals surface area contributed by atoms with Crippen LogP contribution in [0.15, 0.2) is 16.8 Å². The predicted octanol–water partition coefficient (Wildman–Crippen LogP) is 1.98. The molecule has 2 aromatic heterocycles.